The van der Waals surface area contributed by atoms with Crippen LogP contribution in [0.4, 0.5) is 0 Å². The van der Waals surface area contributed by atoms with E-state index in [4.69, 9.17) is 16.3 Å². The third-order valence-electron chi connectivity index (χ3n) is 2.93. The Morgan fingerprint density at radius 3 is 2.44 bits per heavy atom. The molecule has 1 aromatic heterocycles. The first-order chi connectivity index (χ1) is 8.52. The van der Waals surface area contributed by atoms with Crippen LogP contribution in [0.1, 0.15) is 16.8 Å². The molecule has 0 unspecified atom stereocenters. The summed E-state index contributed by atoms with van der Waals surface area (Å²) >= 11 is 6.10. The van der Waals surface area contributed by atoms with E-state index in [1.807, 2.05) is 39.0 Å². The van der Waals surface area contributed by atoms with Crippen molar-refractivity contribution in [3.8, 4) is 17.1 Å². The maximum atomic E-state index is 6.10. The molecule has 1 heterocycles. The van der Waals surface area contributed by atoms with Gasteiger partial charge in [-0.05, 0) is 38.5 Å². The van der Waals surface area contributed by atoms with Crippen molar-refractivity contribution in [1.29, 1.82) is 0 Å². The molecule has 0 N–H and O–H groups in total. The zero-order valence-electron chi connectivity index (χ0n) is 10.9. The SMILES string of the molecule is COc1cc(C)ccc1-c1nc(C)c(C)c(Cl)n1. The minimum atomic E-state index is 0.486. The van der Waals surface area contributed by atoms with Gasteiger partial charge in [-0.1, -0.05) is 17.7 Å². The Labute approximate surface area is 112 Å². The number of hydrogen-bond donors (Lipinski definition) is 0. The summed E-state index contributed by atoms with van der Waals surface area (Å²) in [7, 11) is 1.64. The van der Waals surface area contributed by atoms with Crippen LogP contribution in [0.5, 0.6) is 5.75 Å². The first-order valence-electron chi connectivity index (χ1n) is 5.68. The van der Waals surface area contributed by atoms with Crippen molar-refractivity contribution in [3.63, 3.8) is 0 Å². The van der Waals surface area contributed by atoms with Crippen molar-refractivity contribution in [2.24, 2.45) is 0 Å². The Morgan fingerprint density at radius 1 is 1.11 bits per heavy atom. The number of ether oxygens (including phenoxy) is 1. The first kappa shape index (κ1) is 12.8. The highest BCUT2D eigenvalue weighted by Gasteiger charge is 2.12. The first-order valence-corrected chi connectivity index (χ1v) is 6.06. The average Bonchev–Trinajstić information content (AvgIpc) is 2.35. The number of aromatic nitrogens is 2. The van der Waals surface area contributed by atoms with Crippen LogP contribution in [0.3, 0.4) is 0 Å². The van der Waals surface area contributed by atoms with Crippen LogP contribution in [0.25, 0.3) is 11.4 Å². The number of methoxy groups -OCH3 is 1. The third-order valence-corrected chi connectivity index (χ3v) is 3.30. The predicted molar refractivity (Wildman–Crippen MR) is 73.2 cm³/mol. The number of hydrogen-bond acceptors (Lipinski definition) is 3. The van der Waals surface area contributed by atoms with Crippen LogP contribution in [0.15, 0.2) is 18.2 Å². The number of benzene rings is 1. The molecule has 0 aliphatic rings. The third kappa shape index (κ3) is 2.31. The standard InChI is InChI=1S/C14H15ClN2O/c1-8-5-6-11(12(7-8)18-4)14-16-10(3)9(2)13(15)17-14/h5-7H,1-4H3. The minimum Gasteiger partial charge on any atom is -0.496 e. The summed E-state index contributed by atoms with van der Waals surface area (Å²) < 4.78 is 5.37. The molecule has 0 aliphatic heterocycles. The largest absolute Gasteiger partial charge is 0.496 e. The van der Waals surface area contributed by atoms with Gasteiger partial charge in [-0.25, -0.2) is 9.97 Å². The van der Waals surface area contributed by atoms with Gasteiger partial charge in [0.2, 0.25) is 0 Å². The summed E-state index contributed by atoms with van der Waals surface area (Å²) in [5, 5.41) is 0.486. The zero-order chi connectivity index (χ0) is 13.3. The molecule has 3 nitrogen and oxygen atoms in total. The molecular weight excluding hydrogens is 248 g/mol. The van der Waals surface area contributed by atoms with Crippen molar-refractivity contribution < 1.29 is 4.74 Å². The molecular formula is C14H15ClN2O. The second-order valence-electron chi connectivity index (χ2n) is 4.25. The van der Waals surface area contributed by atoms with Gasteiger partial charge in [-0.15, -0.1) is 0 Å². The Morgan fingerprint density at radius 2 is 1.83 bits per heavy atom. The topological polar surface area (TPSA) is 35.0 Å². The van der Waals surface area contributed by atoms with Gasteiger partial charge in [0.1, 0.15) is 10.9 Å². The summed E-state index contributed by atoms with van der Waals surface area (Å²) in [5.41, 5.74) is 3.78. The highest BCUT2D eigenvalue weighted by Crippen LogP contribution is 2.30. The summed E-state index contributed by atoms with van der Waals surface area (Å²) in [6.07, 6.45) is 0. The molecule has 18 heavy (non-hydrogen) atoms. The van der Waals surface area contributed by atoms with Gasteiger partial charge >= 0.3 is 0 Å². The Kier molecular flexibility index (Phi) is 3.53. The van der Waals surface area contributed by atoms with Crippen molar-refractivity contribution in [2.45, 2.75) is 20.8 Å². The molecule has 0 fully saturated rings. The molecule has 0 amide bonds. The second kappa shape index (κ2) is 4.94. The van der Waals surface area contributed by atoms with Gasteiger partial charge in [0.25, 0.3) is 0 Å². The fourth-order valence-electron chi connectivity index (χ4n) is 1.70. The van der Waals surface area contributed by atoms with Gasteiger partial charge < -0.3 is 4.74 Å². The number of rotatable bonds is 2. The maximum Gasteiger partial charge on any atom is 0.164 e. The molecule has 94 valence electrons. The fraction of sp³-hybridized carbons (Fsp3) is 0.286. The molecule has 0 saturated carbocycles. The highest BCUT2D eigenvalue weighted by atomic mass is 35.5. The van der Waals surface area contributed by atoms with Crippen molar-refractivity contribution in [2.75, 3.05) is 7.11 Å². The summed E-state index contributed by atoms with van der Waals surface area (Å²) in [4.78, 5) is 8.78. The lowest BCUT2D eigenvalue weighted by molar-refractivity contribution is 0.416. The smallest absolute Gasteiger partial charge is 0.164 e. The molecule has 2 rings (SSSR count). The van der Waals surface area contributed by atoms with E-state index in [1.165, 1.54) is 0 Å². The van der Waals surface area contributed by atoms with Crippen molar-refractivity contribution in [1.82, 2.24) is 9.97 Å². The minimum absolute atomic E-state index is 0.486. The van der Waals surface area contributed by atoms with Gasteiger partial charge in [0, 0.05) is 11.3 Å². The van der Waals surface area contributed by atoms with E-state index < -0.39 is 0 Å². The summed E-state index contributed by atoms with van der Waals surface area (Å²) in [5.74, 6) is 1.36. The van der Waals surface area contributed by atoms with Crippen LogP contribution in [0, 0.1) is 20.8 Å². The van der Waals surface area contributed by atoms with Crippen LogP contribution in [-0.4, -0.2) is 17.1 Å². The molecule has 2 aromatic rings. The molecule has 1 aromatic carbocycles. The molecule has 0 spiro atoms. The number of halogens is 1. The van der Waals surface area contributed by atoms with Gasteiger partial charge in [-0.2, -0.15) is 0 Å². The van der Waals surface area contributed by atoms with E-state index in [-0.39, 0.29) is 0 Å². The molecule has 0 saturated heterocycles. The van der Waals surface area contributed by atoms with E-state index in [2.05, 4.69) is 9.97 Å². The van der Waals surface area contributed by atoms with E-state index in [0.29, 0.717) is 11.0 Å². The lowest BCUT2D eigenvalue weighted by Gasteiger charge is -2.10. The van der Waals surface area contributed by atoms with Crippen LogP contribution in [0.2, 0.25) is 5.15 Å². The highest BCUT2D eigenvalue weighted by molar-refractivity contribution is 6.30. The van der Waals surface area contributed by atoms with Crippen molar-refractivity contribution >= 4 is 11.6 Å². The van der Waals surface area contributed by atoms with Gasteiger partial charge in [-0.3, -0.25) is 0 Å². The van der Waals surface area contributed by atoms with E-state index in [1.54, 1.807) is 7.11 Å². The average molecular weight is 263 g/mol. The van der Waals surface area contributed by atoms with E-state index in [0.717, 1.165) is 28.1 Å². The monoisotopic (exact) mass is 262 g/mol. The van der Waals surface area contributed by atoms with Crippen LogP contribution in [-0.2, 0) is 0 Å². The summed E-state index contributed by atoms with van der Waals surface area (Å²) in [6, 6.07) is 5.92. The van der Waals surface area contributed by atoms with Crippen molar-refractivity contribution in [3.05, 3.63) is 40.2 Å². The summed E-state index contributed by atoms with van der Waals surface area (Å²) in [6.45, 7) is 5.85. The maximum absolute atomic E-state index is 6.10. The quantitative estimate of drug-likeness (QED) is 0.774. The van der Waals surface area contributed by atoms with Crippen LogP contribution >= 0.6 is 11.6 Å². The normalized spacial score (nSPS) is 10.5. The Bertz CT molecular complexity index is 573. The number of nitrogens with zero attached hydrogens (tertiary/aromatic N) is 2. The van der Waals surface area contributed by atoms with Crippen LogP contribution < -0.4 is 4.74 Å². The van der Waals surface area contributed by atoms with E-state index >= 15 is 0 Å². The predicted octanol–water partition coefficient (Wildman–Crippen LogP) is 3.73. The second-order valence-corrected chi connectivity index (χ2v) is 4.61. The van der Waals surface area contributed by atoms with E-state index in [9.17, 15) is 0 Å². The molecule has 0 radical (unpaired) electrons. The molecule has 0 aliphatic carbocycles. The number of aryl methyl sites for hydroxylation is 2. The Hall–Kier alpha value is -1.61. The molecule has 0 bridgehead atoms. The Balaban J connectivity index is 2.62. The molecule has 0 atom stereocenters. The lowest BCUT2D eigenvalue weighted by Crippen LogP contribution is -1.98. The molecule has 4 heteroatoms. The van der Waals surface area contributed by atoms with Gasteiger partial charge in [0.05, 0.1) is 12.7 Å². The zero-order valence-corrected chi connectivity index (χ0v) is 11.7. The van der Waals surface area contributed by atoms with Gasteiger partial charge in [0.15, 0.2) is 5.82 Å². The lowest BCUT2D eigenvalue weighted by atomic mass is 10.1. The fourth-order valence-corrected chi connectivity index (χ4v) is 1.91.